The van der Waals surface area contributed by atoms with E-state index in [0.717, 1.165) is 36.0 Å². The second-order valence-electron chi connectivity index (χ2n) is 11.0. The number of carbonyl (C=O) groups is 3. The minimum absolute atomic E-state index is 0.0621. The smallest absolute Gasteiger partial charge is 0.410 e. The first-order valence-electron chi connectivity index (χ1n) is 13.5. The molecule has 0 unspecified atom stereocenters. The summed E-state index contributed by atoms with van der Waals surface area (Å²) in [5.41, 5.74) is 2.79. The number of ether oxygens (including phenoxy) is 2. The molecule has 1 heterocycles. The number of hydrogen-bond acceptors (Lipinski definition) is 5. The number of likely N-dealkylation sites (tertiary alicyclic amines) is 1. The van der Waals surface area contributed by atoms with Crippen LogP contribution in [0.25, 0.3) is 16.0 Å². The highest BCUT2D eigenvalue weighted by molar-refractivity contribution is 5.91. The minimum atomic E-state index is -0.536. The van der Waals surface area contributed by atoms with E-state index < -0.39 is 11.6 Å². The second-order valence-corrected chi connectivity index (χ2v) is 11.0. The van der Waals surface area contributed by atoms with E-state index in [4.69, 9.17) is 16.0 Å². The van der Waals surface area contributed by atoms with Crippen LogP contribution in [0, 0.1) is 12.5 Å². The molecule has 0 saturated carbocycles. The molecule has 0 aromatic heterocycles. The van der Waals surface area contributed by atoms with Crippen molar-refractivity contribution in [3.63, 3.8) is 0 Å². The quantitative estimate of drug-likeness (QED) is 0.287. The van der Waals surface area contributed by atoms with E-state index in [-0.39, 0.29) is 17.9 Å². The van der Waals surface area contributed by atoms with Gasteiger partial charge in [-0.05, 0) is 86.9 Å². The van der Waals surface area contributed by atoms with Gasteiger partial charge in [-0.1, -0.05) is 25.1 Å². The number of carbonyl (C=O) groups excluding carboxylic acids is 3. The number of esters is 1. The van der Waals surface area contributed by atoms with Crippen molar-refractivity contribution < 1.29 is 23.9 Å². The summed E-state index contributed by atoms with van der Waals surface area (Å²) in [6, 6.07) is 12.7. The first-order chi connectivity index (χ1) is 18.5. The number of methoxy groups -OCH3 is 1. The molecule has 1 fully saturated rings. The van der Waals surface area contributed by atoms with Crippen LogP contribution in [0.15, 0.2) is 42.5 Å². The van der Waals surface area contributed by atoms with E-state index in [2.05, 4.69) is 4.85 Å². The van der Waals surface area contributed by atoms with Crippen LogP contribution in [0.5, 0.6) is 0 Å². The maximum absolute atomic E-state index is 13.2. The second kappa shape index (κ2) is 13.3. The predicted molar refractivity (Wildman–Crippen MR) is 150 cm³/mol. The third kappa shape index (κ3) is 8.57. The van der Waals surface area contributed by atoms with Crippen molar-refractivity contribution in [1.29, 1.82) is 0 Å². The van der Waals surface area contributed by atoms with Crippen LogP contribution in [0.1, 0.15) is 69.3 Å². The lowest BCUT2D eigenvalue weighted by Crippen LogP contribution is -2.44. The molecule has 0 bridgehead atoms. The van der Waals surface area contributed by atoms with Crippen LogP contribution in [-0.4, -0.2) is 60.1 Å². The van der Waals surface area contributed by atoms with Gasteiger partial charge in [-0.25, -0.2) is 14.4 Å². The van der Waals surface area contributed by atoms with Crippen LogP contribution < -0.4 is 0 Å². The first kappa shape index (κ1) is 29.7. The summed E-state index contributed by atoms with van der Waals surface area (Å²) in [7, 11) is 1.34. The molecule has 1 saturated heterocycles. The molecule has 0 spiro atoms. The van der Waals surface area contributed by atoms with Crippen molar-refractivity contribution in [2.45, 2.75) is 65.5 Å². The topological polar surface area (TPSA) is 80.5 Å². The van der Waals surface area contributed by atoms with Gasteiger partial charge >= 0.3 is 12.1 Å². The fourth-order valence-electron chi connectivity index (χ4n) is 4.72. The number of piperidine rings is 1. The predicted octanol–water partition coefficient (Wildman–Crippen LogP) is 6.47. The fraction of sp³-hybridized carbons (Fsp3) is 0.484. The lowest BCUT2D eigenvalue weighted by molar-refractivity contribution is -0.132. The molecule has 8 nitrogen and oxygen atoms in total. The lowest BCUT2D eigenvalue weighted by atomic mass is 9.95. The lowest BCUT2D eigenvalue weighted by Gasteiger charge is -2.35. The van der Waals surface area contributed by atoms with Gasteiger partial charge in [-0.2, -0.15) is 0 Å². The van der Waals surface area contributed by atoms with Gasteiger partial charge in [0.25, 0.3) is 0 Å². The first-order valence-corrected chi connectivity index (χ1v) is 13.5. The zero-order chi connectivity index (χ0) is 28.6. The number of hydrogen-bond donors (Lipinski definition) is 0. The normalized spacial score (nSPS) is 13.9. The molecule has 2 aromatic carbocycles. The van der Waals surface area contributed by atoms with E-state index >= 15 is 0 Å². The molecule has 2 aromatic rings. The Labute approximate surface area is 231 Å². The number of nitrogens with zero attached hydrogens (tertiary/aromatic N) is 3. The zero-order valence-electron chi connectivity index (χ0n) is 23.7. The van der Waals surface area contributed by atoms with Gasteiger partial charge in [0.1, 0.15) is 5.60 Å². The standard InChI is InChI=1S/C31H39N3O5/c1-7-9-28(35)34(20-22-12-14-33(15-13-22)30(37)39-31(2,3)4)21-23-16-25(18-26(17-23)29(36)38-6)24-10-8-11-27(19-24)32-5/h8,10-11,16-19,22H,7,9,12-15,20-21H2,1-4,6H3. The zero-order valence-corrected chi connectivity index (χ0v) is 23.7. The van der Waals surface area contributed by atoms with Crippen LogP contribution in [0.2, 0.25) is 0 Å². The fourth-order valence-corrected chi connectivity index (χ4v) is 4.72. The molecular weight excluding hydrogens is 494 g/mol. The summed E-state index contributed by atoms with van der Waals surface area (Å²) in [4.78, 5) is 45.3. The average Bonchev–Trinajstić information content (AvgIpc) is 2.91. The van der Waals surface area contributed by atoms with Crippen molar-refractivity contribution in [3.8, 4) is 11.1 Å². The molecule has 1 aliphatic heterocycles. The molecule has 3 rings (SSSR count). The van der Waals surface area contributed by atoms with E-state index in [1.807, 2.05) is 50.8 Å². The minimum Gasteiger partial charge on any atom is -0.465 e. The highest BCUT2D eigenvalue weighted by Crippen LogP contribution is 2.28. The van der Waals surface area contributed by atoms with Crippen molar-refractivity contribution in [3.05, 3.63) is 65.0 Å². The Morgan fingerprint density at radius 2 is 1.79 bits per heavy atom. The Balaban J connectivity index is 1.81. The molecule has 8 heteroatoms. The van der Waals surface area contributed by atoms with Crippen LogP contribution in [-0.2, 0) is 20.8 Å². The highest BCUT2D eigenvalue weighted by atomic mass is 16.6. The maximum Gasteiger partial charge on any atom is 0.410 e. The average molecular weight is 534 g/mol. The van der Waals surface area contributed by atoms with Crippen molar-refractivity contribution >= 4 is 23.7 Å². The highest BCUT2D eigenvalue weighted by Gasteiger charge is 2.29. The number of amides is 2. The summed E-state index contributed by atoms with van der Waals surface area (Å²) in [5.74, 6) is -0.143. The summed E-state index contributed by atoms with van der Waals surface area (Å²) < 4.78 is 10.5. The number of rotatable bonds is 8. The molecule has 0 radical (unpaired) electrons. The van der Waals surface area contributed by atoms with Gasteiger partial charge in [0, 0.05) is 32.6 Å². The summed E-state index contributed by atoms with van der Waals surface area (Å²) in [6.45, 7) is 17.0. The SMILES string of the molecule is [C-]#[N+]c1cccc(-c2cc(CN(CC3CCN(C(=O)OC(C)(C)C)CC3)C(=O)CCC)cc(C(=O)OC)c2)c1. The molecule has 1 aliphatic rings. The molecular formula is C31H39N3O5. The summed E-state index contributed by atoms with van der Waals surface area (Å²) in [6.07, 6.45) is 2.45. The Hall–Kier alpha value is -3.86. The van der Waals surface area contributed by atoms with Crippen LogP contribution in [0.4, 0.5) is 10.5 Å². The van der Waals surface area contributed by atoms with Crippen molar-refractivity contribution in [2.24, 2.45) is 5.92 Å². The summed E-state index contributed by atoms with van der Waals surface area (Å²) >= 11 is 0. The molecule has 0 N–H and O–H groups in total. The Morgan fingerprint density at radius 1 is 1.08 bits per heavy atom. The Kier molecular flexibility index (Phi) is 10.1. The van der Waals surface area contributed by atoms with E-state index in [9.17, 15) is 14.4 Å². The van der Waals surface area contributed by atoms with Gasteiger partial charge < -0.3 is 19.3 Å². The van der Waals surface area contributed by atoms with Gasteiger partial charge in [0.15, 0.2) is 5.69 Å². The molecule has 39 heavy (non-hydrogen) atoms. The molecule has 0 atom stereocenters. The van der Waals surface area contributed by atoms with Gasteiger partial charge in [-0.15, -0.1) is 0 Å². The van der Waals surface area contributed by atoms with Gasteiger partial charge in [0.2, 0.25) is 5.91 Å². The van der Waals surface area contributed by atoms with Crippen LogP contribution >= 0.6 is 0 Å². The summed E-state index contributed by atoms with van der Waals surface area (Å²) in [5, 5.41) is 0. The van der Waals surface area contributed by atoms with Crippen LogP contribution in [0.3, 0.4) is 0 Å². The number of benzene rings is 2. The third-order valence-corrected chi connectivity index (χ3v) is 6.66. The molecule has 208 valence electrons. The molecule has 0 aliphatic carbocycles. The third-order valence-electron chi connectivity index (χ3n) is 6.66. The van der Waals surface area contributed by atoms with Gasteiger partial charge in [0.05, 0.1) is 19.2 Å². The van der Waals surface area contributed by atoms with E-state index in [0.29, 0.717) is 43.9 Å². The van der Waals surface area contributed by atoms with E-state index in [1.54, 1.807) is 29.2 Å². The monoisotopic (exact) mass is 533 g/mol. The Morgan fingerprint density at radius 3 is 2.41 bits per heavy atom. The van der Waals surface area contributed by atoms with Crippen molar-refractivity contribution in [1.82, 2.24) is 9.80 Å². The van der Waals surface area contributed by atoms with Gasteiger partial charge in [-0.3, -0.25) is 4.79 Å². The Bertz CT molecular complexity index is 1220. The maximum atomic E-state index is 13.2. The van der Waals surface area contributed by atoms with Crippen molar-refractivity contribution in [2.75, 3.05) is 26.7 Å². The largest absolute Gasteiger partial charge is 0.465 e. The van der Waals surface area contributed by atoms with E-state index in [1.165, 1.54) is 7.11 Å². The molecule has 2 amide bonds.